The van der Waals surface area contributed by atoms with Crippen LogP contribution in [0.4, 0.5) is 0 Å². The Labute approximate surface area is 45.5 Å². The van der Waals surface area contributed by atoms with Crippen LogP contribution in [-0.2, 0) is 0 Å². The van der Waals surface area contributed by atoms with Crippen molar-refractivity contribution < 1.29 is 9.79 Å². The Kier molecular flexibility index (Phi) is 1.48. The molecule has 0 atom stereocenters. The van der Waals surface area contributed by atoms with Gasteiger partial charge in [-0.2, -0.15) is 0 Å². The number of aromatic nitrogens is 4. The zero-order valence-electron chi connectivity index (χ0n) is 3.68. The molecule has 0 amide bonds. The summed E-state index contributed by atoms with van der Waals surface area (Å²) in [5.41, 5.74) is 0.0139. The molecule has 7 heteroatoms. The van der Waals surface area contributed by atoms with Crippen molar-refractivity contribution in [3.63, 3.8) is 0 Å². The number of rotatable bonds is 1. The summed E-state index contributed by atoms with van der Waals surface area (Å²) in [5, 5.41) is 11.7. The maximum absolute atomic E-state index is 8.36. The van der Waals surface area contributed by atoms with E-state index in [1.54, 1.807) is 0 Å². The van der Waals surface area contributed by atoms with Crippen molar-refractivity contribution >= 4 is 13.9 Å². The SMILES string of the molecule is OP(O)c1nnn[nH]1. The third-order valence-electron chi connectivity index (χ3n) is 0.524. The summed E-state index contributed by atoms with van der Waals surface area (Å²) in [7, 11) is -2.15. The smallest absolute Gasteiger partial charge is 0.241 e. The minimum Gasteiger partial charge on any atom is -0.344 e. The van der Waals surface area contributed by atoms with E-state index < -0.39 is 8.38 Å². The Morgan fingerprint density at radius 3 is 2.50 bits per heavy atom. The van der Waals surface area contributed by atoms with Crippen molar-refractivity contribution in [3.8, 4) is 0 Å². The van der Waals surface area contributed by atoms with Gasteiger partial charge in [0.05, 0.1) is 0 Å². The first-order valence-corrected chi connectivity index (χ1v) is 2.97. The van der Waals surface area contributed by atoms with Gasteiger partial charge in [0, 0.05) is 0 Å². The van der Waals surface area contributed by atoms with Gasteiger partial charge in [-0.15, -0.1) is 5.10 Å². The molecule has 0 aliphatic rings. The van der Waals surface area contributed by atoms with Crippen molar-refractivity contribution in [2.75, 3.05) is 0 Å². The Morgan fingerprint density at radius 1 is 1.50 bits per heavy atom. The number of aromatic amines is 1. The molecule has 0 unspecified atom stereocenters. The van der Waals surface area contributed by atoms with Crippen molar-refractivity contribution in [2.45, 2.75) is 0 Å². The van der Waals surface area contributed by atoms with E-state index in [1.807, 2.05) is 0 Å². The van der Waals surface area contributed by atoms with Gasteiger partial charge in [-0.3, -0.25) is 0 Å². The predicted octanol–water partition coefficient (Wildman–Crippen LogP) is -1.88. The van der Waals surface area contributed by atoms with Crippen LogP contribution < -0.4 is 5.57 Å². The molecule has 3 N–H and O–H groups in total. The summed E-state index contributed by atoms with van der Waals surface area (Å²) in [6.45, 7) is 0. The second-order valence-electron chi connectivity index (χ2n) is 1.01. The largest absolute Gasteiger partial charge is 0.344 e. The van der Waals surface area contributed by atoms with Crippen molar-refractivity contribution in [1.82, 2.24) is 20.6 Å². The second kappa shape index (κ2) is 2.13. The molecule has 0 saturated carbocycles. The first kappa shape index (κ1) is 5.55. The summed E-state index contributed by atoms with van der Waals surface area (Å²) in [5.74, 6) is 0. The van der Waals surface area contributed by atoms with E-state index in [9.17, 15) is 0 Å². The maximum Gasteiger partial charge on any atom is 0.241 e. The number of hydrogen-bond donors (Lipinski definition) is 3. The van der Waals surface area contributed by atoms with Crippen molar-refractivity contribution in [1.29, 1.82) is 0 Å². The van der Waals surface area contributed by atoms with E-state index in [4.69, 9.17) is 9.79 Å². The predicted molar refractivity (Wildman–Crippen MR) is 25.2 cm³/mol. The van der Waals surface area contributed by atoms with Crippen molar-refractivity contribution in [2.24, 2.45) is 0 Å². The molecule has 1 heterocycles. The van der Waals surface area contributed by atoms with E-state index in [2.05, 4.69) is 20.6 Å². The molecule has 0 aromatic carbocycles. The molecule has 0 fully saturated rings. The van der Waals surface area contributed by atoms with Crippen LogP contribution in [0.1, 0.15) is 0 Å². The highest BCUT2D eigenvalue weighted by Gasteiger charge is 2.05. The standard InChI is InChI=1S/CH3N4O2P/c6-8(7)1-2-4-5-3-1/h6-7H,(H,2,3,4,5). The number of nitrogens with zero attached hydrogens (tertiary/aromatic N) is 3. The van der Waals surface area contributed by atoms with Gasteiger partial charge in [-0.05, 0) is 10.4 Å². The van der Waals surface area contributed by atoms with Crippen LogP contribution in [0.5, 0.6) is 0 Å². The first-order chi connectivity index (χ1) is 3.80. The van der Waals surface area contributed by atoms with Gasteiger partial charge in [0.1, 0.15) is 0 Å². The molecule has 0 aliphatic carbocycles. The molecule has 1 rings (SSSR count). The minimum atomic E-state index is -2.15. The molecule has 0 bridgehead atoms. The maximum atomic E-state index is 8.36. The van der Waals surface area contributed by atoms with Gasteiger partial charge < -0.3 is 9.79 Å². The Bertz CT molecular complexity index is 149. The summed E-state index contributed by atoms with van der Waals surface area (Å²) >= 11 is 0. The van der Waals surface area contributed by atoms with E-state index in [0.717, 1.165) is 0 Å². The molecule has 0 radical (unpaired) electrons. The first-order valence-electron chi connectivity index (χ1n) is 1.72. The highest BCUT2D eigenvalue weighted by Crippen LogP contribution is 2.16. The fourth-order valence-corrected chi connectivity index (χ4v) is 0.493. The lowest BCUT2D eigenvalue weighted by Crippen LogP contribution is -2.03. The summed E-state index contributed by atoms with van der Waals surface area (Å²) in [6, 6.07) is 0. The van der Waals surface area contributed by atoms with E-state index in [-0.39, 0.29) is 5.57 Å². The van der Waals surface area contributed by atoms with E-state index >= 15 is 0 Å². The highest BCUT2D eigenvalue weighted by molar-refractivity contribution is 7.53. The average Bonchev–Trinajstić information content (AvgIpc) is 2.12. The average molecular weight is 134 g/mol. The molecule has 1 aromatic heterocycles. The van der Waals surface area contributed by atoms with Gasteiger partial charge in [0.15, 0.2) is 0 Å². The lowest BCUT2D eigenvalue weighted by atomic mass is 11.4. The highest BCUT2D eigenvalue weighted by atomic mass is 31.2. The topological polar surface area (TPSA) is 94.9 Å². The van der Waals surface area contributed by atoms with Crippen LogP contribution in [0.3, 0.4) is 0 Å². The van der Waals surface area contributed by atoms with E-state index in [0.29, 0.717) is 0 Å². The molecule has 0 spiro atoms. The van der Waals surface area contributed by atoms with Gasteiger partial charge in [0.2, 0.25) is 13.9 Å². The zero-order valence-corrected chi connectivity index (χ0v) is 4.58. The molecule has 0 saturated heterocycles. The fourth-order valence-electron chi connectivity index (χ4n) is 0.239. The molecular formula is CH3N4O2P. The van der Waals surface area contributed by atoms with Crippen LogP contribution in [0, 0.1) is 0 Å². The van der Waals surface area contributed by atoms with Crippen LogP contribution in [0.2, 0.25) is 0 Å². The van der Waals surface area contributed by atoms with Gasteiger partial charge in [-0.1, -0.05) is 0 Å². The Balaban J connectivity index is 2.77. The second-order valence-corrected chi connectivity index (χ2v) is 2.02. The van der Waals surface area contributed by atoms with Gasteiger partial charge in [0.25, 0.3) is 0 Å². The lowest BCUT2D eigenvalue weighted by molar-refractivity contribution is 0.494. The Morgan fingerprint density at radius 2 is 2.25 bits per heavy atom. The normalized spacial score (nSPS) is 10.4. The summed E-state index contributed by atoms with van der Waals surface area (Å²) in [4.78, 5) is 16.7. The van der Waals surface area contributed by atoms with Crippen molar-refractivity contribution in [3.05, 3.63) is 0 Å². The zero-order chi connectivity index (χ0) is 5.98. The summed E-state index contributed by atoms with van der Waals surface area (Å²) in [6.07, 6.45) is 0. The summed E-state index contributed by atoms with van der Waals surface area (Å²) < 4.78 is 0. The quantitative estimate of drug-likeness (QED) is 0.391. The van der Waals surface area contributed by atoms with Crippen LogP contribution in [0.25, 0.3) is 0 Å². The number of tetrazole rings is 1. The third-order valence-corrected chi connectivity index (χ3v) is 1.09. The van der Waals surface area contributed by atoms with Crippen LogP contribution in [0.15, 0.2) is 0 Å². The fraction of sp³-hybridized carbons (Fsp3) is 0. The monoisotopic (exact) mass is 134 g/mol. The molecule has 44 valence electrons. The van der Waals surface area contributed by atoms with Crippen LogP contribution >= 0.6 is 8.38 Å². The van der Waals surface area contributed by atoms with Gasteiger partial charge in [-0.25, -0.2) is 5.10 Å². The number of hydrogen-bond acceptors (Lipinski definition) is 5. The minimum absolute atomic E-state index is 0.0139. The number of H-pyrrole nitrogens is 1. The van der Waals surface area contributed by atoms with Gasteiger partial charge >= 0.3 is 0 Å². The molecule has 6 nitrogen and oxygen atoms in total. The third kappa shape index (κ3) is 0.975. The molecular weight excluding hydrogens is 131 g/mol. The lowest BCUT2D eigenvalue weighted by Gasteiger charge is -1.89. The molecule has 0 aliphatic heterocycles. The number of nitrogens with one attached hydrogen (secondary N) is 1. The van der Waals surface area contributed by atoms with E-state index in [1.165, 1.54) is 0 Å². The molecule has 8 heavy (non-hydrogen) atoms. The van der Waals surface area contributed by atoms with Crippen LogP contribution in [-0.4, -0.2) is 30.4 Å². The molecule has 1 aromatic rings. The Hall–Kier alpha value is -0.580.